The SMILES string of the molecule is CCC1CCCN1c1ccc(Cl)cc1CBr. The van der Waals surface area contributed by atoms with Crippen LogP contribution < -0.4 is 4.90 Å². The number of anilines is 1. The van der Waals surface area contributed by atoms with E-state index >= 15 is 0 Å². The molecule has 2 rings (SSSR count). The van der Waals surface area contributed by atoms with Crippen LogP contribution in [0.5, 0.6) is 0 Å². The Kier molecular flexibility index (Phi) is 4.15. The zero-order valence-electron chi connectivity index (χ0n) is 9.55. The molecule has 1 heterocycles. The summed E-state index contributed by atoms with van der Waals surface area (Å²) < 4.78 is 0. The van der Waals surface area contributed by atoms with Crippen LogP contribution in [0.4, 0.5) is 5.69 Å². The molecule has 1 aromatic carbocycles. The second-order valence-electron chi connectivity index (χ2n) is 4.30. The van der Waals surface area contributed by atoms with Gasteiger partial charge in [-0.15, -0.1) is 0 Å². The molecule has 88 valence electrons. The van der Waals surface area contributed by atoms with E-state index in [-0.39, 0.29) is 0 Å². The first-order chi connectivity index (χ1) is 7.76. The van der Waals surface area contributed by atoms with Gasteiger partial charge in [0, 0.05) is 28.6 Å². The van der Waals surface area contributed by atoms with Gasteiger partial charge in [-0.25, -0.2) is 0 Å². The number of hydrogen-bond acceptors (Lipinski definition) is 1. The molecule has 1 fully saturated rings. The van der Waals surface area contributed by atoms with Crippen molar-refractivity contribution in [2.24, 2.45) is 0 Å². The number of alkyl halides is 1. The highest BCUT2D eigenvalue weighted by atomic mass is 79.9. The molecule has 1 aliphatic rings. The van der Waals surface area contributed by atoms with E-state index in [2.05, 4.69) is 39.9 Å². The van der Waals surface area contributed by atoms with Gasteiger partial charge in [0.15, 0.2) is 0 Å². The average Bonchev–Trinajstić information content (AvgIpc) is 2.76. The summed E-state index contributed by atoms with van der Waals surface area (Å²) in [6.07, 6.45) is 3.86. The molecule has 16 heavy (non-hydrogen) atoms. The Labute approximate surface area is 111 Å². The third kappa shape index (κ3) is 2.38. The minimum Gasteiger partial charge on any atom is -0.368 e. The number of hydrogen-bond donors (Lipinski definition) is 0. The molecule has 0 spiro atoms. The van der Waals surface area contributed by atoms with Crippen molar-refractivity contribution in [2.75, 3.05) is 11.4 Å². The van der Waals surface area contributed by atoms with E-state index in [1.54, 1.807) is 0 Å². The van der Waals surface area contributed by atoms with E-state index in [4.69, 9.17) is 11.6 Å². The Morgan fingerprint density at radius 2 is 2.31 bits per heavy atom. The molecule has 0 aliphatic carbocycles. The summed E-state index contributed by atoms with van der Waals surface area (Å²) in [4.78, 5) is 2.53. The van der Waals surface area contributed by atoms with Crippen molar-refractivity contribution >= 4 is 33.2 Å². The highest BCUT2D eigenvalue weighted by Crippen LogP contribution is 2.32. The van der Waals surface area contributed by atoms with Crippen LogP contribution in [0.1, 0.15) is 31.7 Å². The fourth-order valence-corrected chi connectivity index (χ4v) is 3.16. The van der Waals surface area contributed by atoms with E-state index < -0.39 is 0 Å². The highest BCUT2D eigenvalue weighted by molar-refractivity contribution is 9.08. The second kappa shape index (κ2) is 5.42. The fourth-order valence-electron chi connectivity index (χ4n) is 2.52. The monoisotopic (exact) mass is 301 g/mol. The Bertz CT molecular complexity index is 367. The normalized spacial score (nSPS) is 20.4. The number of nitrogens with zero attached hydrogens (tertiary/aromatic N) is 1. The van der Waals surface area contributed by atoms with Gasteiger partial charge in [-0.1, -0.05) is 34.5 Å². The lowest BCUT2D eigenvalue weighted by Crippen LogP contribution is -2.29. The zero-order valence-corrected chi connectivity index (χ0v) is 11.9. The third-order valence-corrected chi connectivity index (χ3v) is 4.18. The molecule has 1 saturated heterocycles. The number of benzene rings is 1. The first-order valence-electron chi connectivity index (χ1n) is 5.87. The minimum absolute atomic E-state index is 0.707. The first-order valence-corrected chi connectivity index (χ1v) is 7.37. The summed E-state index contributed by atoms with van der Waals surface area (Å²) in [5.41, 5.74) is 2.65. The summed E-state index contributed by atoms with van der Waals surface area (Å²) >= 11 is 9.58. The number of halogens is 2. The summed E-state index contributed by atoms with van der Waals surface area (Å²) in [6.45, 7) is 3.45. The second-order valence-corrected chi connectivity index (χ2v) is 5.30. The van der Waals surface area contributed by atoms with Gasteiger partial charge in [0.25, 0.3) is 0 Å². The number of rotatable bonds is 3. The van der Waals surface area contributed by atoms with Gasteiger partial charge in [-0.05, 0) is 43.0 Å². The van der Waals surface area contributed by atoms with E-state index in [1.165, 1.54) is 37.1 Å². The van der Waals surface area contributed by atoms with Crippen molar-refractivity contribution in [1.29, 1.82) is 0 Å². The van der Waals surface area contributed by atoms with Crippen LogP contribution in [0.25, 0.3) is 0 Å². The van der Waals surface area contributed by atoms with Gasteiger partial charge in [0.2, 0.25) is 0 Å². The molecule has 0 N–H and O–H groups in total. The zero-order chi connectivity index (χ0) is 11.5. The van der Waals surface area contributed by atoms with Crippen LogP contribution in [0.15, 0.2) is 18.2 Å². The van der Waals surface area contributed by atoms with Crippen LogP contribution in [0.3, 0.4) is 0 Å². The lowest BCUT2D eigenvalue weighted by molar-refractivity contribution is 0.644. The molecule has 1 aromatic rings. The Balaban J connectivity index is 2.31. The summed E-state index contributed by atoms with van der Waals surface area (Å²) in [7, 11) is 0. The smallest absolute Gasteiger partial charge is 0.0410 e. The van der Waals surface area contributed by atoms with Crippen molar-refractivity contribution in [1.82, 2.24) is 0 Å². The summed E-state index contributed by atoms with van der Waals surface area (Å²) in [6, 6.07) is 6.93. The standard InChI is InChI=1S/C13H17BrClN/c1-2-12-4-3-7-16(12)13-6-5-11(15)8-10(13)9-14/h5-6,8,12H,2-4,7,9H2,1H3. The lowest BCUT2D eigenvalue weighted by Gasteiger charge is -2.28. The fraction of sp³-hybridized carbons (Fsp3) is 0.538. The molecule has 0 saturated carbocycles. The van der Waals surface area contributed by atoms with Crippen LogP contribution >= 0.6 is 27.5 Å². The lowest BCUT2D eigenvalue weighted by atomic mass is 10.1. The highest BCUT2D eigenvalue weighted by Gasteiger charge is 2.24. The molecule has 1 aliphatic heterocycles. The maximum absolute atomic E-state index is 6.03. The molecule has 1 atom stereocenters. The molecule has 0 aromatic heterocycles. The quantitative estimate of drug-likeness (QED) is 0.737. The first kappa shape index (κ1) is 12.3. The molecule has 0 amide bonds. The molecular weight excluding hydrogens is 286 g/mol. The topological polar surface area (TPSA) is 3.24 Å². The minimum atomic E-state index is 0.707. The van der Waals surface area contributed by atoms with E-state index in [9.17, 15) is 0 Å². The molecule has 1 unspecified atom stereocenters. The van der Waals surface area contributed by atoms with Gasteiger partial charge >= 0.3 is 0 Å². The van der Waals surface area contributed by atoms with Gasteiger partial charge in [-0.3, -0.25) is 0 Å². The molecule has 0 radical (unpaired) electrons. The van der Waals surface area contributed by atoms with Crippen molar-refractivity contribution in [3.8, 4) is 0 Å². The molecule has 1 nitrogen and oxygen atoms in total. The van der Waals surface area contributed by atoms with Crippen LogP contribution in [0.2, 0.25) is 5.02 Å². The molecular formula is C13H17BrClN. The van der Waals surface area contributed by atoms with Gasteiger partial charge < -0.3 is 4.90 Å². The van der Waals surface area contributed by atoms with Crippen LogP contribution in [-0.2, 0) is 5.33 Å². The summed E-state index contributed by atoms with van der Waals surface area (Å²) in [5.74, 6) is 0. The predicted molar refractivity (Wildman–Crippen MR) is 74.7 cm³/mol. The largest absolute Gasteiger partial charge is 0.368 e. The van der Waals surface area contributed by atoms with Gasteiger partial charge in [-0.2, -0.15) is 0 Å². The Morgan fingerprint density at radius 3 is 3.00 bits per heavy atom. The van der Waals surface area contributed by atoms with Crippen molar-refractivity contribution in [3.05, 3.63) is 28.8 Å². The maximum Gasteiger partial charge on any atom is 0.0410 e. The predicted octanol–water partition coefficient (Wildman–Crippen LogP) is 4.61. The van der Waals surface area contributed by atoms with Crippen molar-refractivity contribution in [3.63, 3.8) is 0 Å². The van der Waals surface area contributed by atoms with Crippen LogP contribution in [-0.4, -0.2) is 12.6 Å². The van der Waals surface area contributed by atoms with E-state index in [1.807, 2.05) is 6.07 Å². The maximum atomic E-state index is 6.03. The van der Waals surface area contributed by atoms with Crippen molar-refractivity contribution < 1.29 is 0 Å². The Morgan fingerprint density at radius 1 is 1.50 bits per heavy atom. The van der Waals surface area contributed by atoms with E-state index in [0.29, 0.717) is 6.04 Å². The third-order valence-electron chi connectivity index (χ3n) is 3.34. The van der Waals surface area contributed by atoms with E-state index in [0.717, 1.165) is 10.4 Å². The molecule has 3 heteroatoms. The average molecular weight is 303 g/mol. The summed E-state index contributed by atoms with van der Waals surface area (Å²) in [5, 5.41) is 1.70. The van der Waals surface area contributed by atoms with Crippen molar-refractivity contribution in [2.45, 2.75) is 37.6 Å². The van der Waals surface area contributed by atoms with Gasteiger partial charge in [0.05, 0.1) is 0 Å². The van der Waals surface area contributed by atoms with Crippen LogP contribution in [0, 0.1) is 0 Å². The molecule has 0 bridgehead atoms. The Hall–Kier alpha value is -0.210. The van der Waals surface area contributed by atoms with Gasteiger partial charge in [0.1, 0.15) is 0 Å².